The Morgan fingerprint density at radius 1 is 0.800 bits per heavy atom. The molecule has 0 radical (unpaired) electrons. The molecule has 0 saturated heterocycles. The van der Waals surface area contributed by atoms with Gasteiger partial charge in [-0.3, -0.25) is 9.59 Å². The Hall–Kier alpha value is -4.20. The van der Waals surface area contributed by atoms with E-state index in [1.807, 2.05) is 30.3 Å². The summed E-state index contributed by atoms with van der Waals surface area (Å²) in [5.41, 5.74) is 3.53. The molecule has 0 spiro atoms. The van der Waals surface area contributed by atoms with Crippen molar-refractivity contribution in [2.75, 3.05) is 5.32 Å². The van der Waals surface area contributed by atoms with Crippen molar-refractivity contribution in [3.8, 4) is 5.75 Å². The van der Waals surface area contributed by atoms with Crippen LogP contribution in [-0.4, -0.2) is 24.0 Å². The Morgan fingerprint density at radius 3 is 2.31 bits per heavy atom. The van der Waals surface area contributed by atoms with Crippen molar-refractivity contribution in [2.45, 2.75) is 0 Å². The monoisotopic (exact) mass is 505 g/mol. The molecule has 9 heteroatoms. The number of carbonyl (C=O) groups is 3. The molecule has 0 heterocycles. The van der Waals surface area contributed by atoms with Gasteiger partial charge >= 0.3 is 17.8 Å². The van der Waals surface area contributed by atoms with E-state index in [1.165, 1.54) is 24.4 Å². The first kappa shape index (κ1) is 23.9. The number of anilines is 1. The Morgan fingerprint density at radius 2 is 1.54 bits per heavy atom. The minimum Gasteiger partial charge on any atom is -0.423 e. The molecule has 0 aliphatic carbocycles. The zero-order chi connectivity index (χ0) is 24.8. The molecule has 2 amide bonds. The van der Waals surface area contributed by atoms with Gasteiger partial charge in [0.15, 0.2) is 0 Å². The van der Waals surface area contributed by atoms with Crippen LogP contribution in [0.15, 0.2) is 90.0 Å². The molecule has 4 aromatic carbocycles. The van der Waals surface area contributed by atoms with Gasteiger partial charge in [-0.1, -0.05) is 59.6 Å². The van der Waals surface area contributed by atoms with Crippen molar-refractivity contribution in [1.29, 1.82) is 0 Å². The van der Waals surface area contributed by atoms with Gasteiger partial charge in [-0.15, -0.1) is 0 Å². The van der Waals surface area contributed by atoms with E-state index in [1.54, 1.807) is 36.4 Å². The maximum absolute atomic E-state index is 12.6. The van der Waals surface area contributed by atoms with Crippen LogP contribution in [-0.2, 0) is 9.59 Å². The molecule has 4 aromatic rings. The van der Waals surface area contributed by atoms with Crippen molar-refractivity contribution in [1.82, 2.24) is 5.43 Å². The molecule has 4 rings (SSSR count). The van der Waals surface area contributed by atoms with Gasteiger partial charge in [-0.05, 0) is 64.9 Å². The van der Waals surface area contributed by atoms with Gasteiger partial charge in [-0.2, -0.15) is 5.10 Å². The predicted octanol–water partition coefficient (Wildman–Crippen LogP) is 5.45. The number of benzene rings is 4. The normalized spacial score (nSPS) is 10.8. The number of amides is 2. The average molecular weight is 506 g/mol. The van der Waals surface area contributed by atoms with E-state index in [9.17, 15) is 14.4 Å². The topological polar surface area (TPSA) is 96.9 Å². The average Bonchev–Trinajstić information content (AvgIpc) is 2.86. The maximum atomic E-state index is 12.6. The van der Waals surface area contributed by atoms with E-state index in [-0.39, 0.29) is 5.02 Å². The predicted molar refractivity (Wildman–Crippen MR) is 136 cm³/mol. The Kier molecular flexibility index (Phi) is 7.40. The number of esters is 1. The number of fused-ring (bicyclic) bond motifs is 1. The highest BCUT2D eigenvalue weighted by Gasteiger charge is 2.14. The van der Waals surface area contributed by atoms with Crippen LogP contribution < -0.4 is 15.5 Å². The summed E-state index contributed by atoms with van der Waals surface area (Å²) < 4.78 is 5.49. The molecular formula is C26H17Cl2N3O4. The van der Waals surface area contributed by atoms with Crippen molar-refractivity contribution < 1.29 is 19.1 Å². The fraction of sp³-hybridized carbons (Fsp3) is 0. The number of hydrazone groups is 1. The third-order valence-corrected chi connectivity index (χ3v) is 5.60. The third kappa shape index (κ3) is 6.03. The number of nitrogens with zero attached hydrogens (tertiary/aromatic N) is 1. The standard InChI is InChI=1S/C26H17Cl2N3O4/c27-22-13-10-18(14-23(22)28)30-24(32)25(33)31-29-15-16-8-11-19(12-9-16)35-26(34)21-7-3-5-17-4-1-2-6-20(17)21/h1-15H,(H,30,32)(H,31,33). The second-order valence-electron chi connectivity index (χ2n) is 7.27. The zero-order valence-corrected chi connectivity index (χ0v) is 19.5. The lowest BCUT2D eigenvalue weighted by molar-refractivity contribution is -0.136. The molecule has 0 saturated carbocycles. The zero-order valence-electron chi connectivity index (χ0n) is 18.0. The van der Waals surface area contributed by atoms with Crippen LogP contribution in [0.3, 0.4) is 0 Å². The van der Waals surface area contributed by atoms with Gasteiger partial charge in [0.1, 0.15) is 5.75 Å². The van der Waals surface area contributed by atoms with Crippen molar-refractivity contribution in [3.05, 3.63) is 106 Å². The Balaban J connectivity index is 1.32. The van der Waals surface area contributed by atoms with E-state index < -0.39 is 17.8 Å². The van der Waals surface area contributed by atoms with E-state index >= 15 is 0 Å². The smallest absolute Gasteiger partial charge is 0.344 e. The third-order valence-electron chi connectivity index (χ3n) is 4.86. The minimum absolute atomic E-state index is 0.245. The number of halogens is 2. The largest absolute Gasteiger partial charge is 0.423 e. The molecule has 0 unspecified atom stereocenters. The summed E-state index contributed by atoms with van der Waals surface area (Å²) in [6.07, 6.45) is 1.35. The second-order valence-corrected chi connectivity index (χ2v) is 8.08. The van der Waals surface area contributed by atoms with Gasteiger partial charge in [0.25, 0.3) is 0 Å². The molecule has 2 N–H and O–H groups in total. The Labute approximate surface area is 210 Å². The van der Waals surface area contributed by atoms with Crippen LogP contribution in [0, 0.1) is 0 Å². The van der Waals surface area contributed by atoms with Crippen molar-refractivity contribution >= 4 is 63.7 Å². The number of nitrogens with one attached hydrogen (secondary N) is 2. The lowest BCUT2D eigenvalue weighted by Crippen LogP contribution is -2.32. The van der Waals surface area contributed by atoms with Crippen LogP contribution in [0.2, 0.25) is 10.0 Å². The summed E-state index contributed by atoms with van der Waals surface area (Å²) in [7, 11) is 0. The van der Waals surface area contributed by atoms with Gasteiger partial charge in [0.2, 0.25) is 0 Å². The first-order valence-corrected chi connectivity index (χ1v) is 11.1. The molecule has 7 nitrogen and oxygen atoms in total. The lowest BCUT2D eigenvalue weighted by Gasteiger charge is -2.07. The van der Waals surface area contributed by atoms with E-state index in [4.69, 9.17) is 27.9 Å². The highest BCUT2D eigenvalue weighted by atomic mass is 35.5. The lowest BCUT2D eigenvalue weighted by atomic mass is 10.0. The van der Waals surface area contributed by atoms with Crippen LogP contribution >= 0.6 is 23.2 Å². The molecule has 0 aliphatic rings. The van der Waals surface area contributed by atoms with Crippen LogP contribution in [0.5, 0.6) is 5.75 Å². The fourth-order valence-electron chi connectivity index (χ4n) is 3.17. The number of hydrogen-bond acceptors (Lipinski definition) is 5. The fourth-order valence-corrected chi connectivity index (χ4v) is 3.46. The summed E-state index contributed by atoms with van der Waals surface area (Å²) in [5, 5.41) is 8.49. The molecule has 35 heavy (non-hydrogen) atoms. The molecule has 174 valence electrons. The van der Waals surface area contributed by atoms with Gasteiger partial charge < -0.3 is 10.1 Å². The highest BCUT2D eigenvalue weighted by molar-refractivity contribution is 6.43. The Bertz CT molecular complexity index is 1450. The number of carbonyl (C=O) groups excluding carboxylic acids is 3. The van der Waals surface area contributed by atoms with E-state index in [2.05, 4.69) is 15.8 Å². The van der Waals surface area contributed by atoms with Crippen LogP contribution in [0.25, 0.3) is 10.8 Å². The quantitative estimate of drug-likeness (QED) is 0.124. The summed E-state index contributed by atoms with van der Waals surface area (Å²) in [4.78, 5) is 36.6. The molecule has 0 bridgehead atoms. The van der Waals surface area contributed by atoms with Crippen LogP contribution in [0.4, 0.5) is 5.69 Å². The van der Waals surface area contributed by atoms with Gasteiger partial charge in [0, 0.05) is 5.69 Å². The summed E-state index contributed by atoms with van der Waals surface area (Å²) in [6, 6.07) is 23.9. The van der Waals surface area contributed by atoms with Crippen molar-refractivity contribution in [3.63, 3.8) is 0 Å². The first-order valence-electron chi connectivity index (χ1n) is 10.3. The van der Waals surface area contributed by atoms with E-state index in [0.29, 0.717) is 27.6 Å². The molecule has 0 atom stereocenters. The number of hydrogen-bond donors (Lipinski definition) is 2. The van der Waals surface area contributed by atoms with E-state index in [0.717, 1.165) is 10.8 Å². The SMILES string of the molecule is O=C(NN=Cc1ccc(OC(=O)c2cccc3ccccc23)cc1)C(=O)Nc1ccc(Cl)c(Cl)c1. The molecule has 0 fully saturated rings. The minimum atomic E-state index is -0.965. The van der Waals surface area contributed by atoms with Gasteiger partial charge in [0.05, 0.1) is 21.8 Å². The second kappa shape index (κ2) is 10.8. The molecule has 0 aromatic heterocycles. The van der Waals surface area contributed by atoms with Gasteiger partial charge in [-0.25, -0.2) is 10.2 Å². The van der Waals surface area contributed by atoms with Crippen molar-refractivity contribution in [2.24, 2.45) is 5.10 Å². The molecule has 0 aliphatic heterocycles. The maximum Gasteiger partial charge on any atom is 0.344 e. The number of rotatable bonds is 5. The summed E-state index contributed by atoms with van der Waals surface area (Å²) >= 11 is 11.7. The van der Waals surface area contributed by atoms with Crippen LogP contribution in [0.1, 0.15) is 15.9 Å². The first-order chi connectivity index (χ1) is 16.9. The summed E-state index contributed by atoms with van der Waals surface area (Å²) in [6.45, 7) is 0. The summed E-state index contributed by atoms with van der Waals surface area (Å²) in [5.74, 6) is -2.00. The molecular weight excluding hydrogens is 489 g/mol. The number of ether oxygens (including phenoxy) is 1. The highest BCUT2D eigenvalue weighted by Crippen LogP contribution is 2.25.